The fourth-order valence-electron chi connectivity index (χ4n) is 2.22. The highest BCUT2D eigenvalue weighted by atomic mass is 35.5. The highest BCUT2D eigenvalue weighted by Gasteiger charge is 2.17. The van der Waals surface area contributed by atoms with E-state index >= 15 is 0 Å². The van der Waals surface area contributed by atoms with E-state index in [1.54, 1.807) is 6.33 Å². The van der Waals surface area contributed by atoms with E-state index in [9.17, 15) is 4.79 Å². The van der Waals surface area contributed by atoms with Crippen molar-refractivity contribution in [2.24, 2.45) is 0 Å². The second kappa shape index (κ2) is 6.11. The Balaban J connectivity index is 1.81. The summed E-state index contributed by atoms with van der Waals surface area (Å²) < 4.78 is 7.44. The zero-order chi connectivity index (χ0) is 14.8. The lowest BCUT2D eigenvalue weighted by Crippen LogP contribution is -2.22. The minimum Gasteiger partial charge on any atom is -0.477 e. The molecule has 3 rings (SSSR count). The number of nitrogens with one attached hydrogen (secondary N) is 1. The molecule has 0 aromatic carbocycles. The van der Waals surface area contributed by atoms with Crippen LogP contribution in [0.5, 0.6) is 5.88 Å². The first-order valence-electron chi connectivity index (χ1n) is 6.77. The standard InChI is InChI=1S/C13H15ClN4O2S/c1-2-18-7-15-10(14)9(18)6-21-13-16-11(19)8-4-3-5-20-12(8)17-13/h7H,2-6H2,1H3,(H,16,17,19). The Hall–Kier alpha value is -1.47. The van der Waals surface area contributed by atoms with Gasteiger partial charge in [0, 0.05) is 12.3 Å². The Morgan fingerprint density at radius 3 is 3.24 bits per heavy atom. The fraction of sp³-hybridized carbons (Fsp3) is 0.462. The number of hydrogen-bond acceptors (Lipinski definition) is 5. The summed E-state index contributed by atoms with van der Waals surface area (Å²) in [5.41, 5.74) is 1.45. The van der Waals surface area contributed by atoms with Gasteiger partial charge in [-0.1, -0.05) is 23.4 Å². The van der Waals surface area contributed by atoms with Crippen LogP contribution in [-0.4, -0.2) is 26.1 Å². The highest BCUT2D eigenvalue weighted by Crippen LogP contribution is 2.26. The van der Waals surface area contributed by atoms with Gasteiger partial charge < -0.3 is 14.3 Å². The molecule has 3 heterocycles. The van der Waals surface area contributed by atoms with Gasteiger partial charge in [-0.15, -0.1) is 0 Å². The number of aryl methyl sites for hydroxylation is 1. The summed E-state index contributed by atoms with van der Waals surface area (Å²) in [6.45, 7) is 3.44. The van der Waals surface area contributed by atoms with Crippen LogP contribution in [-0.2, 0) is 18.7 Å². The molecule has 0 saturated heterocycles. The lowest BCUT2D eigenvalue weighted by Gasteiger charge is -2.15. The van der Waals surface area contributed by atoms with Crippen molar-refractivity contribution >= 4 is 23.4 Å². The van der Waals surface area contributed by atoms with Gasteiger partial charge in [0.15, 0.2) is 10.3 Å². The van der Waals surface area contributed by atoms with Crippen LogP contribution in [0.3, 0.4) is 0 Å². The summed E-state index contributed by atoms with van der Waals surface area (Å²) in [4.78, 5) is 23.3. The summed E-state index contributed by atoms with van der Waals surface area (Å²) in [5, 5.41) is 1.03. The summed E-state index contributed by atoms with van der Waals surface area (Å²) in [5.74, 6) is 1.05. The highest BCUT2D eigenvalue weighted by molar-refractivity contribution is 7.98. The molecule has 1 N–H and O–H groups in total. The van der Waals surface area contributed by atoms with Crippen molar-refractivity contribution in [1.29, 1.82) is 0 Å². The minimum atomic E-state index is -0.114. The Labute approximate surface area is 130 Å². The monoisotopic (exact) mass is 326 g/mol. The Morgan fingerprint density at radius 2 is 2.43 bits per heavy atom. The first kappa shape index (κ1) is 14.5. The molecule has 1 aliphatic rings. The van der Waals surface area contributed by atoms with E-state index in [1.807, 2.05) is 11.5 Å². The predicted octanol–water partition coefficient (Wildman–Crippen LogP) is 2.26. The largest absolute Gasteiger partial charge is 0.477 e. The lowest BCUT2D eigenvalue weighted by atomic mass is 10.1. The number of H-pyrrole nitrogens is 1. The van der Waals surface area contributed by atoms with Crippen LogP contribution >= 0.6 is 23.4 Å². The number of rotatable bonds is 4. The molecule has 0 unspecified atom stereocenters. The average Bonchev–Trinajstić information content (AvgIpc) is 2.85. The van der Waals surface area contributed by atoms with Crippen LogP contribution in [0.2, 0.25) is 5.15 Å². The number of aromatic nitrogens is 4. The molecule has 0 fully saturated rings. The van der Waals surface area contributed by atoms with Crippen molar-refractivity contribution in [3.05, 3.63) is 33.1 Å². The summed E-state index contributed by atoms with van der Waals surface area (Å²) in [6.07, 6.45) is 3.29. The van der Waals surface area contributed by atoms with Crippen LogP contribution in [0, 0.1) is 0 Å². The molecule has 1 aliphatic heterocycles. The zero-order valence-corrected chi connectivity index (χ0v) is 13.1. The molecule has 21 heavy (non-hydrogen) atoms. The van der Waals surface area contributed by atoms with E-state index in [1.165, 1.54) is 11.8 Å². The second-order valence-electron chi connectivity index (χ2n) is 4.66. The van der Waals surface area contributed by atoms with Gasteiger partial charge >= 0.3 is 0 Å². The first-order chi connectivity index (χ1) is 10.2. The number of thioether (sulfide) groups is 1. The average molecular weight is 327 g/mol. The topological polar surface area (TPSA) is 72.8 Å². The molecule has 0 aliphatic carbocycles. The second-order valence-corrected chi connectivity index (χ2v) is 5.99. The van der Waals surface area contributed by atoms with Crippen LogP contribution in [0.25, 0.3) is 0 Å². The molecule has 0 spiro atoms. The van der Waals surface area contributed by atoms with Crippen molar-refractivity contribution in [3.8, 4) is 5.88 Å². The van der Waals surface area contributed by atoms with Gasteiger partial charge in [-0.05, 0) is 19.8 Å². The zero-order valence-electron chi connectivity index (χ0n) is 11.6. The Morgan fingerprint density at radius 1 is 1.57 bits per heavy atom. The number of fused-ring (bicyclic) bond motifs is 1. The molecule has 0 atom stereocenters. The Bertz CT molecular complexity index is 713. The van der Waals surface area contributed by atoms with Gasteiger partial charge in [0.25, 0.3) is 5.56 Å². The van der Waals surface area contributed by atoms with E-state index in [4.69, 9.17) is 16.3 Å². The van der Waals surface area contributed by atoms with Crippen LogP contribution in [0.4, 0.5) is 0 Å². The number of halogens is 1. The summed E-state index contributed by atoms with van der Waals surface area (Å²) >= 11 is 7.49. The van der Waals surface area contributed by atoms with Gasteiger partial charge in [0.1, 0.15) is 0 Å². The third-order valence-corrected chi connectivity index (χ3v) is 4.55. The lowest BCUT2D eigenvalue weighted by molar-refractivity contribution is 0.271. The maximum Gasteiger partial charge on any atom is 0.258 e. The molecule has 2 aromatic heterocycles. The number of imidazole rings is 1. The van der Waals surface area contributed by atoms with E-state index in [-0.39, 0.29) is 5.56 Å². The Kier molecular flexibility index (Phi) is 4.21. The molecule has 0 bridgehead atoms. The van der Waals surface area contributed by atoms with Gasteiger partial charge in [-0.2, -0.15) is 4.98 Å². The molecule has 2 aromatic rings. The number of ether oxygens (including phenoxy) is 1. The fourth-order valence-corrected chi connectivity index (χ4v) is 3.40. The molecule has 0 amide bonds. The molecule has 0 saturated carbocycles. The molecule has 0 radical (unpaired) electrons. The van der Waals surface area contributed by atoms with Crippen molar-refractivity contribution in [3.63, 3.8) is 0 Å². The van der Waals surface area contributed by atoms with E-state index in [0.29, 0.717) is 34.1 Å². The maximum absolute atomic E-state index is 12.0. The van der Waals surface area contributed by atoms with Crippen molar-refractivity contribution in [2.45, 2.75) is 37.2 Å². The number of hydrogen-bond donors (Lipinski definition) is 1. The number of nitrogens with zero attached hydrogens (tertiary/aromatic N) is 3. The van der Waals surface area contributed by atoms with Crippen LogP contribution in [0.15, 0.2) is 16.3 Å². The van der Waals surface area contributed by atoms with Gasteiger partial charge in [-0.3, -0.25) is 4.79 Å². The maximum atomic E-state index is 12.0. The van der Waals surface area contributed by atoms with Crippen molar-refractivity contribution < 1.29 is 4.74 Å². The smallest absolute Gasteiger partial charge is 0.258 e. The van der Waals surface area contributed by atoms with Gasteiger partial charge in [-0.25, -0.2) is 4.98 Å². The summed E-state index contributed by atoms with van der Waals surface area (Å²) in [6, 6.07) is 0. The van der Waals surface area contributed by atoms with E-state index in [2.05, 4.69) is 15.0 Å². The quantitative estimate of drug-likeness (QED) is 0.689. The van der Waals surface area contributed by atoms with Crippen LogP contribution < -0.4 is 10.3 Å². The molecular formula is C13H15ClN4O2S. The van der Waals surface area contributed by atoms with E-state index < -0.39 is 0 Å². The third kappa shape index (κ3) is 2.94. The van der Waals surface area contributed by atoms with Gasteiger partial charge in [0.05, 0.1) is 24.2 Å². The van der Waals surface area contributed by atoms with E-state index in [0.717, 1.165) is 25.1 Å². The summed E-state index contributed by atoms with van der Waals surface area (Å²) in [7, 11) is 0. The SMILES string of the molecule is CCn1cnc(Cl)c1CSc1nc2c(c(=O)[nH]1)CCCO2. The van der Waals surface area contributed by atoms with Crippen molar-refractivity contribution in [2.75, 3.05) is 6.61 Å². The minimum absolute atomic E-state index is 0.114. The van der Waals surface area contributed by atoms with Gasteiger partial charge in [0.2, 0.25) is 5.88 Å². The molecule has 6 nitrogen and oxygen atoms in total. The molecular weight excluding hydrogens is 312 g/mol. The third-order valence-electron chi connectivity index (χ3n) is 3.35. The number of aromatic amines is 1. The van der Waals surface area contributed by atoms with Crippen LogP contribution in [0.1, 0.15) is 24.6 Å². The van der Waals surface area contributed by atoms with Crippen molar-refractivity contribution in [1.82, 2.24) is 19.5 Å². The normalized spacial score (nSPS) is 13.8. The molecule has 8 heteroatoms. The predicted molar refractivity (Wildman–Crippen MR) is 81.1 cm³/mol. The molecule has 112 valence electrons. The first-order valence-corrected chi connectivity index (χ1v) is 8.13.